The Morgan fingerprint density at radius 3 is 2.17 bits per heavy atom. The highest BCUT2D eigenvalue weighted by atomic mass is 19.1. The third-order valence-electron chi connectivity index (χ3n) is 4.15. The van der Waals surface area contributed by atoms with Crippen LogP contribution in [-0.2, 0) is 0 Å². The predicted molar refractivity (Wildman–Crippen MR) is 43.4 cm³/mol. The van der Waals surface area contributed by atoms with Crippen molar-refractivity contribution in [2.75, 3.05) is 0 Å². The number of hydrogen-bond acceptors (Lipinski definition) is 1. The second-order valence-corrected chi connectivity index (χ2v) is 5.11. The molecule has 12 heavy (non-hydrogen) atoms. The zero-order valence-corrected chi connectivity index (χ0v) is 7.17. The van der Waals surface area contributed by atoms with Crippen LogP contribution < -0.4 is 0 Å². The van der Waals surface area contributed by atoms with Crippen LogP contribution in [0.3, 0.4) is 0 Å². The molecule has 0 amide bonds. The second-order valence-electron chi connectivity index (χ2n) is 5.11. The molecule has 4 aliphatic rings. The van der Waals surface area contributed by atoms with Gasteiger partial charge in [-0.25, -0.2) is 4.39 Å². The lowest BCUT2D eigenvalue weighted by Crippen LogP contribution is -2.54. The highest BCUT2D eigenvalue weighted by molar-refractivity contribution is 5.05. The van der Waals surface area contributed by atoms with E-state index in [0.717, 1.165) is 19.3 Å². The molecule has 0 saturated heterocycles. The number of aliphatic hydroxyl groups excluding tert-OH is 1. The van der Waals surface area contributed by atoms with E-state index in [4.69, 9.17) is 0 Å². The Morgan fingerprint density at radius 2 is 1.67 bits per heavy atom. The van der Waals surface area contributed by atoms with Gasteiger partial charge in [-0.05, 0) is 49.9 Å². The minimum Gasteiger partial charge on any atom is -0.393 e. The molecule has 1 N–H and O–H groups in total. The van der Waals surface area contributed by atoms with Crippen LogP contribution in [0.15, 0.2) is 0 Å². The lowest BCUT2D eigenvalue weighted by Gasteiger charge is -2.55. The predicted octanol–water partition coefficient (Wildman–Crippen LogP) is 1.90. The third-order valence-corrected chi connectivity index (χ3v) is 4.15. The summed E-state index contributed by atoms with van der Waals surface area (Å²) in [6, 6.07) is 0. The fourth-order valence-corrected chi connectivity index (χ4v) is 3.90. The molecule has 4 aliphatic carbocycles. The Hall–Kier alpha value is -0.110. The summed E-state index contributed by atoms with van der Waals surface area (Å²) in [5.74, 6) is 1.18. The molecule has 4 bridgehead atoms. The van der Waals surface area contributed by atoms with Crippen molar-refractivity contribution < 1.29 is 9.50 Å². The highest BCUT2D eigenvalue weighted by Crippen LogP contribution is 2.57. The Kier molecular flexibility index (Phi) is 1.24. The molecule has 4 fully saturated rings. The van der Waals surface area contributed by atoms with E-state index in [2.05, 4.69) is 0 Å². The van der Waals surface area contributed by atoms with Crippen molar-refractivity contribution in [3.63, 3.8) is 0 Å². The first kappa shape index (κ1) is 7.31. The SMILES string of the molecule is OC1C2CC3CC1CC(F)(C3)C2. The summed E-state index contributed by atoms with van der Waals surface area (Å²) in [6.45, 7) is 0. The Bertz CT molecular complexity index is 200. The van der Waals surface area contributed by atoms with Crippen molar-refractivity contribution in [2.24, 2.45) is 17.8 Å². The molecule has 2 unspecified atom stereocenters. The smallest absolute Gasteiger partial charge is 0.112 e. The topological polar surface area (TPSA) is 20.2 Å². The summed E-state index contributed by atoms with van der Waals surface area (Å²) in [5, 5.41) is 9.77. The summed E-state index contributed by atoms with van der Waals surface area (Å²) < 4.78 is 13.9. The van der Waals surface area contributed by atoms with Crippen LogP contribution in [0.25, 0.3) is 0 Å². The van der Waals surface area contributed by atoms with Gasteiger partial charge in [0.2, 0.25) is 0 Å². The Morgan fingerprint density at radius 1 is 1.08 bits per heavy atom. The van der Waals surface area contributed by atoms with Crippen LogP contribution in [0, 0.1) is 17.8 Å². The molecule has 0 aromatic heterocycles. The summed E-state index contributed by atoms with van der Waals surface area (Å²) in [7, 11) is 0. The van der Waals surface area contributed by atoms with Crippen LogP contribution >= 0.6 is 0 Å². The fraction of sp³-hybridized carbons (Fsp3) is 1.00. The third kappa shape index (κ3) is 0.819. The minimum atomic E-state index is -0.879. The zero-order chi connectivity index (χ0) is 8.34. The summed E-state index contributed by atoms with van der Waals surface area (Å²) in [5.41, 5.74) is -0.879. The van der Waals surface area contributed by atoms with Crippen LogP contribution in [0.1, 0.15) is 32.1 Å². The van der Waals surface area contributed by atoms with Gasteiger partial charge in [0.25, 0.3) is 0 Å². The molecule has 0 aliphatic heterocycles. The molecule has 0 spiro atoms. The lowest BCUT2D eigenvalue weighted by atomic mass is 9.54. The maximum absolute atomic E-state index is 13.9. The number of alkyl halides is 1. The Balaban J connectivity index is 1.95. The van der Waals surface area contributed by atoms with Crippen molar-refractivity contribution in [3.8, 4) is 0 Å². The average molecular weight is 170 g/mol. The van der Waals surface area contributed by atoms with Crippen LogP contribution in [0.5, 0.6) is 0 Å². The average Bonchev–Trinajstić information content (AvgIpc) is 1.96. The van der Waals surface area contributed by atoms with Gasteiger partial charge in [-0.1, -0.05) is 0 Å². The normalized spacial score (nSPS) is 62.5. The molecule has 1 nitrogen and oxygen atoms in total. The molecule has 0 radical (unpaired) electrons. The van der Waals surface area contributed by atoms with Crippen LogP contribution in [0.4, 0.5) is 4.39 Å². The summed E-state index contributed by atoms with van der Waals surface area (Å²) in [4.78, 5) is 0. The molecule has 0 aromatic carbocycles. The van der Waals surface area contributed by atoms with Crippen LogP contribution in [0.2, 0.25) is 0 Å². The first-order chi connectivity index (χ1) is 5.66. The van der Waals surface area contributed by atoms with Gasteiger partial charge < -0.3 is 5.11 Å². The van der Waals surface area contributed by atoms with E-state index in [-0.39, 0.29) is 6.10 Å². The van der Waals surface area contributed by atoms with Gasteiger partial charge in [0, 0.05) is 0 Å². The maximum atomic E-state index is 13.9. The van der Waals surface area contributed by atoms with Crippen molar-refractivity contribution >= 4 is 0 Å². The highest BCUT2D eigenvalue weighted by Gasteiger charge is 2.55. The number of rotatable bonds is 0. The number of aliphatic hydroxyl groups is 1. The van der Waals surface area contributed by atoms with Crippen molar-refractivity contribution in [2.45, 2.75) is 43.9 Å². The summed E-state index contributed by atoms with van der Waals surface area (Å²) >= 11 is 0. The molecular weight excluding hydrogens is 155 g/mol. The maximum Gasteiger partial charge on any atom is 0.112 e. The first-order valence-corrected chi connectivity index (χ1v) is 5.03. The molecule has 2 heteroatoms. The standard InChI is InChI=1S/C10H15FO/c11-10-3-6-1-7(4-10)9(12)8(2-6)5-10/h6-9,12H,1-5H2. The van der Waals surface area contributed by atoms with Crippen molar-refractivity contribution in [1.29, 1.82) is 0 Å². The van der Waals surface area contributed by atoms with Gasteiger partial charge in [0.1, 0.15) is 5.67 Å². The Labute approximate surface area is 72.0 Å². The van der Waals surface area contributed by atoms with Gasteiger partial charge in [-0.2, -0.15) is 0 Å². The van der Waals surface area contributed by atoms with E-state index >= 15 is 0 Å². The van der Waals surface area contributed by atoms with Gasteiger partial charge in [0.15, 0.2) is 0 Å². The van der Waals surface area contributed by atoms with E-state index in [9.17, 15) is 9.50 Å². The zero-order valence-electron chi connectivity index (χ0n) is 7.17. The van der Waals surface area contributed by atoms with E-state index in [1.165, 1.54) is 0 Å². The first-order valence-electron chi connectivity index (χ1n) is 5.03. The van der Waals surface area contributed by atoms with Crippen LogP contribution in [-0.4, -0.2) is 16.9 Å². The molecule has 4 saturated carbocycles. The lowest BCUT2D eigenvalue weighted by molar-refractivity contribution is -0.143. The number of halogens is 1. The molecule has 0 heterocycles. The van der Waals surface area contributed by atoms with E-state index in [1.54, 1.807) is 0 Å². The molecular formula is C10H15FO. The van der Waals surface area contributed by atoms with Crippen molar-refractivity contribution in [1.82, 2.24) is 0 Å². The molecule has 68 valence electrons. The summed E-state index contributed by atoms with van der Waals surface area (Å²) in [6.07, 6.45) is 4.06. The van der Waals surface area contributed by atoms with Gasteiger partial charge >= 0.3 is 0 Å². The second kappa shape index (κ2) is 2.03. The number of hydrogen-bond donors (Lipinski definition) is 1. The van der Waals surface area contributed by atoms with Gasteiger partial charge in [0.05, 0.1) is 6.10 Å². The minimum absolute atomic E-state index is 0.176. The van der Waals surface area contributed by atoms with Gasteiger partial charge in [-0.3, -0.25) is 0 Å². The molecule has 0 aromatic rings. The molecule has 4 rings (SSSR count). The van der Waals surface area contributed by atoms with E-state index in [0.29, 0.717) is 30.6 Å². The van der Waals surface area contributed by atoms with E-state index in [1.807, 2.05) is 0 Å². The van der Waals surface area contributed by atoms with Gasteiger partial charge in [-0.15, -0.1) is 0 Å². The van der Waals surface area contributed by atoms with E-state index < -0.39 is 5.67 Å². The quantitative estimate of drug-likeness (QED) is 0.588. The monoisotopic (exact) mass is 170 g/mol. The largest absolute Gasteiger partial charge is 0.393 e. The molecule has 2 atom stereocenters. The fourth-order valence-electron chi connectivity index (χ4n) is 3.90. The van der Waals surface area contributed by atoms with Crippen molar-refractivity contribution in [3.05, 3.63) is 0 Å².